The van der Waals surface area contributed by atoms with Crippen LogP contribution in [0.5, 0.6) is 0 Å². The second-order valence-electron chi connectivity index (χ2n) is 4.73. The molecule has 9 nitrogen and oxygen atoms in total. The van der Waals surface area contributed by atoms with Crippen molar-refractivity contribution in [2.75, 3.05) is 12.3 Å². The van der Waals surface area contributed by atoms with E-state index < -0.39 is 30.5 Å². The van der Waals surface area contributed by atoms with Gasteiger partial charge in [-0.3, -0.25) is 0 Å². The fraction of sp³-hybridized carbons (Fsp3) is 0.417. The zero-order valence-corrected chi connectivity index (χ0v) is 10.8. The van der Waals surface area contributed by atoms with Gasteiger partial charge in [0.1, 0.15) is 24.6 Å². The minimum atomic E-state index is -1.67. The molecule has 5 N–H and O–H groups in total. The Balaban J connectivity index is 2.08. The summed E-state index contributed by atoms with van der Waals surface area (Å²) in [5.41, 5.74) is 4.64. The summed E-state index contributed by atoms with van der Waals surface area (Å²) in [5, 5.41) is 33.6. The van der Waals surface area contributed by atoms with Crippen LogP contribution < -0.4 is 5.73 Å². The predicted molar refractivity (Wildman–Crippen MR) is 69.7 cm³/mol. The lowest BCUT2D eigenvalue weighted by atomic mass is 9.96. The first-order chi connectivity index (χ1) is 10.0. The summed E-state index contributed by atoms with van der Waals surface area (Å²) < 4.78 is 6.86. The standard InChI is InChI=1S/C12H13N5O4/c1-2-12(4-18)9(20)7(19)8(21-12)6-3-14-11-10(13)15-5-16-17(6)11/h1,3,5,7-9,18-20H,4H2,(H2,13,15,16)/t7?,8-,9?,12+/m0/s1. The summed E-state index contributed by atoms with van der Waals surface area (Å²) >= 11 is 0. The molecule has 0 radical (unpaired) electrons. The number of aliphatic hydroxyl groups excluding tert-OH is 3. The molecule has 1 aliphatic rings. The van der Waals surface area contributed by atoms with Crippen molar-refractivity contribution in [3.63, 3.8) is 0 Å². The van der Waals surface area contributed by atoms with E-state index in [1.165, 1.54) is 17.0 Å². The van der Waals surface area contributed by atoms with Crippen LogP contribution in [0.15, 0.2) is 12.5 Å². The maximum atomic E-state index is 10.2. The Morgan fingerprint density at radius 2 is 2.24 bits per heavy atom. The number of imidazole rings is 1. The van der Waals surface area contributed by atoms with E-state index in [0.29, 0.717) is 11.3 Å². The van der Waals surface area contributed by atoms with Gasteiger partial charge in [0.15, 0.2) is 17.1 Å². The maximum Gasteiger partial charge on any atom is 0.196 e. The quantitative estimate of drug-likeness (QED) is 0.460. The maximum absolute atomic E-state index is 10.2. The van der Waals surface area contributed by atoms with Gasteiger partial charge in [-0.25, -0.2) is 14.5 Å². The fourth-order valence-electron chi connectivity index (χ4n) is 2.38. The zero-order valence-electron chi connectivity index (χ0n) is 10.8. The molecule has 1 saturated heterocycles. The molecule has 2 unspecified atom stereocenters. The second-order valence-corrected chi connectivity index (χ2v) is 4.73. The van der Waals surface area contributed by atoms with Crippen molar-refractivity contribution in [1.29, 1.82) is 0 Å². The van der Waals surface area contributed by atoms with Crippen molar-refractivity contribution >= 4 is 11.5 Å². The highest BCUT2D eigenvalue weighted by molar-refractivity contribution is 5.58. The van der Waals surface area contributed by atoms with Gasteiger partial charge in [-0.15, -0.1) is 6.42 Å². The molecule has 0 spiro atoms. The van der Waals surface area contributed by atoms with Gasteiger partial charge in [0.05, 0.1) is 18.5 Å². The lowest BCUT2D eigenvalue weighted by molar-refractivity contribution is -0.0732. The van der Waals surface area contributed by atoms with Crippen LogP contribution in [-0.2, 0) is 4.74 Å². The van der Waals surface area contributed by atoms with Crippen molar-refractivity contribution < 1.29 is 20.1 Å². The van der Waals surface area contributed by atoms with Gasteiger partial charge in [-0.05, 0) is 0 Å². The number of nitrogens with zero attached hydrogens (tertiary/aromatic N) is 4. The Labute approximate surface area is 119 Å². The van der Waals surface area contributed by atoms with Gasteiger partial charge >= 0.3 is 0 Å². The smallest absolute Gasteiger partial charge is 0.196 e. The average molecular weight is 291 g/mol. The normalized spacial score (nSPS) is 32.4. The van der Waals surface area contributed by atoms with Crippen molar-refractivity contribution in [1.82, 2.24) is 19.6 Å². The molecule has 3 rings (SSSR count). The van der Waals surface area contributed by atoms with Crippen LogP contribution in [-0.4, -0.2) is 59.3 Å². The van der Waals surface area contributed by atoms with Gasteiger partial charge in [-0.1, -0.05) is 5.92 Å². The molecule has 0 aromatic carbocycles. The van der Waals surface area contributed by atoms with Crippen molar-refractivity contribution in [3.8, 4) is 12.3 Å². The number of terminal acetylenes is 1. The van der Waals surface area contributed by atoms with Crippen LogP contribution in [0.2, 0.25) is 0 Å². The molecule has 0 amide bonds. The van der Waals surface area contributed by atoms with E-state index in [4.69, 9.17) is 16.9 Å². The van der Waals surface area contributed by atoms with Crippen LogP contribution >= 0.6 is 0 Å². The lowest BCUT2D eigenvalue weighted by Gasteiger charge is -2.23. The number of ether oxygens (including phenoxy) is 1. The van der Waals surface area contributed by atoms with E-state index in [2.05, 4.69) is 21.0 Å². The minimum Gasteiger partial charge on any atom is -0.392 e. The van der Waals surface area contributed by atoms with Crippen molar-refractivity contribution in [2.45, 2.75) is 23.9 Å². The van der Waals surface area contributed by atoms with Crippen LogP contribution in [0.3, 0.4) is 0 Å². The third-order valence-electron chi connectivity index (χ3n) is 3.58. The molecular formula is C12H13N5O4. The molecule has 2 aromatic heterocycles. The van der Waals surface area contributed by atoms with Crippen molar-refractivity contribution in [2.24, 2.45) is 0 Å². The van der Waals surface area contributed by atoms with Crippen LogP contribution in [0.1, 0.15) is 11.8 Å². The largest absolute Gasteiger partial charge is 0.392 e. The summed E-state index contributed by atoms with van der Waals surface area (Å²) in [6, 6.07) is 0. The van der Waals surface area contributed by atoms with E-state index in [1.807, 2.05) is 0 Å². The summed E-state index contributed by atoms with van der Waals surface area (Å²) in [6.45, 7) is -0.633. The fourth-order valence-corrected chi connectivity index (χ4v) is 2.38. The Morgan fingerprint density at radius 1 is 1.48 bits per heavy atom. The first-order valence-electron chi connectivity index (χ1n) is 6.11. The number of fused-ring (bicyclic) bond motifs is 1. The highest BCUT2D eigenvalue weighted by Crippen LogP contribution is 2.39. The molecule has 0 aliphatic carbocycles. The number of anilines is 1. The SMILES string of the molecule is C#C[C@]1(CO)O[C@@H](c2cnc3c(N)ncnn23)C(O)C1O. The van der Waals surface area contributed by atoms with Gasteiger partial charge in [-0.2, -0.15) is 5.10 Å². The highest BCUT2D eigenvalue weighted by Gasteiger charge is 2.54. The molecule has 2 aromatic rings. The topological polar surface area (TPSA) is 139 Å². The highest BCUT2D eigenvalue weighted by atomic mass is 16.6. The summed E-state index contributed by atoms with van der Waals surface area (Å²) in [7, 11) is 0. The van der Waals surface area contributed by atoms with E-state index in [0.717, 1.165) is 0 Å². The summed E-state index contributed by atoms with van der Waals surface area (Å²) in [4.78, 5) is 7.85. The van der Waals surface area contributed by atoms with Gasteiger partial charge in [0, 0.05) is 0 Å². The number of hydrogen-bond donors (Lipinski definition) is 4. The number of nitrogen functional groups attached to an aromatic ring is 1. The molecule has 1 aliphatic heterocycles. The number of aliphatic hydroxyl groups is 3. The molecule has 3 heterocycles. The first kappa shape index (κ1) is 13.7. The van der Waals surface area contributed by atoms with Gasteiger partial charge in [0.2, 0.25) is 0 Å². The summed E-state index contributed by atoms with van der Waals surface area (Å²) in [5.74, 6) is 2.35. The van der Waals surface area contributed by atoms with E-state index in [1.54, 1.807) is 0 Å². The molecule has 0 saturated carbocycles. The average Bonchev–Trinajstić information content (AvgIpc) is 3.02. The van der Waals surface area contributed by atoms with Gasteiger partial charge < -0.3 is 25.8 Å². The Morgan fingerprint density at radius 3 is 2.86 bits per heavy atom. The molecule has 1 fully saturated rings. The van der Waals surface area contributed by atoms with Crippen molar-refractivity contribution in [3.05, 3.63) is 18.2 Å². The lowest BCUT2D eigenvalue weighted by Crippen LogP contribution is -2.44. The Hall–Kier alpha value is -2.25. The minimum absolute atomic E-state index is 0.162. The van der Waals surface area contributed by atoms with E-state index in [9.17, 15) is 15.3 Å². The Bertz CT molecular complexity index is 726. The zero-order chi connectivity index (χ0) is 15.2. The monoisotopic (exact) mass is 291 g/mol. The van der Waals surface area contributed by atoms with E-state index >= 15 is 0 Å². The van der Waals surface area contributed by atoms with Crippen LogP contribution in [0, 0.1) is 12.3 Å². The first-order valence-corrected chi connectivity index (χ1v) is 6.11. The van der Waals surface area contributed by atoms with E-state index in [-0.39, 0.29) is 5.82 Å². The molecule has 110 valence electrons. The Kier molecular flexibility index (Phi) is 3.03. The predicted octanol–water partition coefficient (Wildman–Crippen LogP) is -2.14. The second kappa shape index (κ2) is 4.64. The molecule has 21 heavy (non-hydrogen) atoms. The number of hydrogen-bond acceptors (Lipinski definition) is 8. The number of rotatable bonds is 2. The summed E-state index contributed by atoms with van der Waals surface area (Å²) in [6.07, 6.45) is 4.14. The molecule has 4 atom stereocenters. The molecule has 0 bridgehead atoms. The molecule has 9 heteroatoms. The third kappa shape index (κ3) is 1.78. The van der Waals surface area contributed by atoms with Gasteiger partial charge in [0.25, 0.3) is 0 Å². The van der Waals surface area contributed by atoms with Crippen LogP contribution in [0.4, 0.5) is 5.82 Å². The number of aromatic nitrogens is 4. The number of nitrogens with two attached hydrogens (primary N) is 1. The third-order valence-corrected chi connectivity index (χ3v) is 3.58. The van der Waals surface area contributed by atoms with Crippen LogP contribution in [0.25, 0.3) is 5.65 Å². The molecular weight excluding hydrogens is 278 g/mol.